The molecule has 0 spiro atoms. The van der Waals surface area contributed by atoms with Gasteiger partial charge in [-0.2, -0.15) is 5.10 Å². The molecule has 0 amide bonds. The summed E-state index contributed by atoms with van der Waals surface area (Å²) in [5.74, 6) is -0.548. The molecule has 0 radical (unpaired) electrons. The Hall–Kier alpha value is -2.90. The molecule has 110 valence electrons. The molecule has 2 aromatic rings. The number of nitro benzene ring substituents is 1. The lowest BCUT2D eigenvalue weighted by molar-refractivity contribution is -0.384. The second-order valence-corrected chi connectivity index (χ2v) is 4.28. The third kappa shape index (κ3) is 3.16. The standard InChI is InChI=1S/C13H14N4O4/c1-16-10(5-6-15-16)8-14-11-7-9(13(18)21-2)3-4-12(11)17(19)20/h3-7,14H,8H2,1-2H3. The molecule has 0 atom stereocenters. The lowest BCUT2D eigenvalue weighted by atomic mass is 10.1. The third-order valence-electron chi connectivity index (χ3n) is 3.00. The minimum absolute atomic E-state index is 0.107. The van der Waals surface area contributed by atoms with Crippen molar-refractivity contribution in [2.75, 3.05) is 12.4 Å². The van der Waals surface area contributed by atoms with Crippen LogP contribution in [-0.2, 0) is 18.3 Å². The van der Waals surface area contributed by atoms with Crippen LogP contribution >= 0.6 is 0 Å². The van der Waals surface area contributed by atoms with Gasteiger partial charge < -0.3 is 10.1 Å². The lowest BCUT2D eigenvalue weighted by Gasteiger charge is -2.09. The second kappa shape index (κ2) is 6.04. The van der Waals surface area contributed by atoms with Gasteiger partial charge in [0.05, 0.1) is 29.8 Å². The zero-order chi connectivity index (χ0) is 15.4. The van der Waals surface area contributed by atoms with Gasteiger partial charge in [-0.05, 0) is 18.2 Å². The van der Waals surface area contributed by atoms with Crippen molar-refractivity contribution < 1.29 is 14.5 Å². The molecule has 1 aromatic carbocycles. The number of esters is 1. The van der Waals surface area contributed by atoms with Crippen molar-refractivity contribution in [2.45, 2.75) is 6.54 Å². The van der Waals surface area contributed by atoms with E-state index in [1.54, 1.807) is 24.0 Å². The predicted octanol–water partition coefficient (Wildman–Crippen LogP) is 1.73. The fraction of sp³-hybridized carbons (Fsp3) is 0.231. The first-order chi connectivity index (χ1) is 10.0. The zero-order valence-corrected chi connectivity index (χ0v) is 11.6. The molecule has 1 heterocycles. The van der Waals surface area contributed by atoms with Crippen molar-refractivity contribution in [2.24, 2.45) is 7.05 Å². The molecule has 0 aliphatic carbocycles. The highest BCUT2D eigenvalue weighted by Gasteiger charge is 2.17. The van der Waals surface area contributed by atoms with Crippen molar-refractivity contribution in [3.8, 4) is 0 Å². The number of hydrogen-bond donors (Lipinski definition) is 1. The van der Waals surface area contributed by atoms with Gasteiger partial charge >= 0.3 is 5.97 Å². The maximum absolute atomic E-state index is 11.5. The number of anilines is 1. The first-order valence-corrected chi connectivity index (χ1v) is 6.10. The molecule has 0 aliphatic heterocycles. The van der Waals surface area contributed by atoms with Crippen LogP contribution in [0.5, 0.6) is 0 Å². The molecule has 2 rings (SSSR count). The van der Waals surface area contributed by atoms with Crippen molar-refractivity contribution in [1.29, 1.82) is 0 Å². The Morgan fingerprint density at radius 3 is 2.81 bits per heavy atom. The van der Waals surface area contributed by atoms with E-state index in [0.717, 1.165) is 5.69 Å². The van der Waals surface area contributed by atoms with E-state index in [0.29, 0.717) is 6.54 Å². The molecule has 8 heteroatoms. The van der Waals surface area contributed by atoms with Gasteiger partial charge in [-0.15, -0.1) is 0 Å². The number of ether oxygens (including phenoxy) is 1. The number of aryl methyl sites for hydroxylation is 1. The fourth-order valence-electron chi connectivity index (χ4n) is 1.84. The average molecular weight is 290 g/mol. The summed E-state index contributed by atoms with van der Waals surface area (Å²) in [5, 5.41) is 18.0. The van der Waals surface area contributed by atoms with Crippen molar-refractivity contribution in [3.05, 3.63) is 51.8 Å². The number of aromatic nitrogens is 2. The van der Waals surface area contributed by atoms with E-state index in [4.69, 9.17) is 0 Å². The zero-order valence-electron chi connectivity index (χ0n) is 11.6. The Balaban J connectivity index is 2.28. The second-order valence-electron chi connectivity index (χ2n) is 4.28. The quantitative estimate of drug-likeness (QED) is 0.511. The van der Waals surface area contributed by atoms with Gasteiger partial charge in [0.2, 0.25) is 0 Å². The Kier molecular flexibility index (Phi) is 4.17. The summed E-state index contributed by atoms with van der Waals surface area (Å²) < 4.78 is 6.27. The first kappa shape index (κ1) is 14.5. The highest BCUT2D eigenvalue weighted by Crippen LogP contribution is 2.26. The largest absolute Gasteiger partial charge is 0.465 e. The molecule has 1 aromatic heterocycles. The fourth-order valence-corrected chi connectivity index (χ4v) is 1.84. The molecule has 0 fully saturated rings. The Labute approximate surface area is 120 Å². The normalized spacial score (nSPS) is 10.2. The maximum Gasteiger partial charge on any atom is 0.337 e. The van der Waals surface area contributed by atoms with Gasteiger partial charge in [-0.1, -0.05) is 0 Å². The van der Waals surface area contributed by atoms with Crippen LogP contribution in [0.15, 0.2) is 30.5 Å². The van der Waals surface area contributed by atoms with Crippen LogP contribution in [0.3, 0.4) is 0 Å². The van der Waals surface area contributed by atoms with Crippen LogP contribution in [0, 0.1) is 10.1 Å². The molecular weight excluding hydrogens is 276 g/mol. The van der Waals surface area contributed by atoms with Crippen molar-refractivity contribution >= 4 is 17.3 Å². The van der Waals surface area contributed by atoms with Crippen LogP contribution in [0.1, 0.15) is 16.1 Å². The van der Waals surface area contributed by atoms with Crippen LogP contribution in [0.25, 0.3) is 0 Å². The molecule has 1 N–H and O–H groups in total. The van der Waals surface area contributed by atoms with E-state index in [1.165, 1.54) is 25.3 Å². The smallest absolute Gasteiger partial charge is 0.337 e. The first-order valence-electron chi connectivity index (χ1n) is 6.10. The Morgan fingerprint density at radius 2 is 2.24 bits per heavy atom. The number of nitrogens with one attached hydrogen (secondary N) is 1. The Bertz CT molecular complexity index is 681. The van der Waals surface area contributed by atoms with E-state index in [-0.39, 0.29) is 16.9 Å². The third-order valence-corrected chi connectivity index (χ3v) is 3.00. The lowest BCUT2D eigenvalue weighted by Crippen LogP contribution is -2.08. The number of hydrogen-bond acceptors (Lipinski definition) is 6. The van der Waals surface area contributed by atoms with Crippen LogP contribution in [0.4, 0.5) is 11.4 Å². The number of benzene rings is 1. The number of methoxy groups -OCH3 is 1. The molecular formula is C13H14N4O4. The number of carbonyl (C=O) groups is 1. The van der Waals surface area contributed by atoms with Gasteiger partial charge in [-0.3, -0.25) is 14.8 Å². The van der Waals surface area contributed by atoms with Crippen LogP contribution < -0.4 is 5.32 Å². The van der Waals surface area contributed by atoms with E-state index in [2.05, 4.69) is 15.2 Å². The summed E-state index contributed by atoms with van der Waals surface area (Å²) in [6, 6.07) is 5.83. The number of nitro groups is 1. The molecule has 0 saturated heterocycles. The summed E-state index contributed by atoms with van der Waals surface area (Å²) in [5.41, 5.74) is 1.25. The highest BCUT2D eigenvalue weighted by atomic mass is 16.6. The van der Waals surface area contributed by atoms with Gasteiger partial charge in [0.25, 0.3) is 5.69 Å². The van der Waals surface area contributed by atoms with Gasteiger partial charge in [0.15, 0.2) is 0 Å². The minimum atomic E-state index is -0.548. The van der Waals surface area contributed by atoms with E-state index in [9.17, 15) is 14.9 Å². The average Bonchev–Trinajstić information content (AvgIpc) is 2.89. The molecule has 8 nitrogen and oxygen atoms in total. The summed E-state index contributed by atoms with van der Waals surface area (Å²) in [6.45, 7) is 0.349. The van der Waals surface area contributed by atoms with E-state index < -0.39 is 10.9 Å². The van der Waals surface area contributed by atoms with Crippen LogP contribution in [0.2, 0.25) is 0 Å². The summed E-state index contributed by atoms with van der Waals surface area (Å²) in [4.78, 5) is 22.0. The molecule has 0 unspecified atom stereocenters. The van der Waals surface area contributed by atoms with Gasteiger partial charge in [0, 0.05) is 19.3 Å². The monoisotopic (exact) mass is 290 g/mol. The van der Waals surface area contributed by atoms with Crippen molar-refractivity contribution in [1.82, 2.24) is 9.78 Å². The minimum Gasteiger partial charge on any atom is -0.465 e. The summed E-state index contributed by atoms with van der Waals surface area (Å²) in [7, 11) is 3.03. The molecule has 0 bridgehead atoms. The summed E-state index contributed by atoms with van der Waals surface area (Å²) in [6.07, 6.45) is 1.64. The topological polar surface area (TPSA) is 99.3 Å². The number of rotatable bonds is 5. The summed E-state index contributed by atoms with van der Waals surface area (Å²) >= 11 is 0. The van der Waals surface area contributed by atoms with E-state index >= 15 is 0 Å². The van der Waals surface area contributed by atoms with Gasteiger partial charge in [-0.25, -0.2) is 4.79 Å². The molecule has 0 aliphatic rings. The number of carbonyl (C=O) groups excluding carboxylic acids is 1. The molecule has 21 heavy (non-hydrogen) atoms. The van der Waals surface area contributed by atoms with E-state index in [1.807, 2.05) is 0 Å². The SMILES string of the molecule is COC(=O)c1ccc([N+](=O)[O-])c(NCc2ccnn2C)c1. The predicted molar refractivity (Wildman–Crippen MR) is 75.0 cm³/mol. The van der Waals surface area contributed by atoms with Crippen LogP contribution in [-0.4, -0.2) is 27.8 Å². The van der Waals surface area contributed by atoms with Gasteiger partial charge in [0.1, 0.15) is 5.69 Å². The number of nitrogens with zero attached hydrogens (tertiary/aromatic N) is 3. The Morgan fingerprint density at radius 1 is 1.48 bits per heavy atom. The molecule has 0 saturated carbocycles. The highest BCUT2D eigenvalue weighted by molar-refractivity contribution is 5.91. The maximum atomic E-state index is 11.5. The van der Waals surface area contributed by atoms with Crippen molar-refractivity contribution in [3.63, 3.8) is 0 Å².